The van der Waals surface area contributed by atoms with E-state index in [1.54, 1.807) is 24.3 Å². The first-order valence-corrected chi connectivity index (χ1v) is 7.46. The first-order chi connectivity index (χ1) is 11.0. The van der Waals surface area contributed by atoms with Crippen LogP contribution in [0.3, 0.4) is 0 Å². The number of carbonyl (C=O) groups is 3. The van der Waals surface area contributed by atoms with Crippen LogP contribution in [0, 0.1) is 0 Å². The molecule has 0 bridgehead atoms. The lowest BCUT2D eigenvalue weighted by atomic mass is 10.2. The van der Waals surface area contributed by atoms with E-state index in [-0.39, 0.29) is 5.91 Å². The molecule has 1 heterocycles. The Morgan fingerprint density at radius 2 is 1.78 bits per heavy atom. The van der Waals surface area contributed by atoms with Crippen LogP contribution in [0.15, 0.2) is 24.3 Å². The monoisotopic (exact) mass is 320 g/mol. The summed E-state index contributed by atoms with van der Waals surface area (Å²) in [5, 5.41) is 5.28. The average molecular weight is 320 g/mol. The highest BCUT2D eigenvalue weighted by Crippen LogP contribution is 2.16. The maximum absolute atomic E-state index is 12.0. The second-order valence-corrected chi connectivity index (χ2v) is 5.33. The van der Waals surface area contributed by atoms with Crippen molar-refractivity contribution in [2.75, 3.05) is 17.2 Å². The summed E-state index contributed by atoms with van der Waals surface area (Å²) in [4.78, 5) is 34.8. The molecule has 1 aliphatic rings. The molecular weight excluding hydrogens is 300 g/mol. The minimum Gasteiger partial charge on any atom is -0.451 e. The molecule has 0 aliphatic carbocycles. The van der Waals surface area contributed by atoms with E-state index >= 15 is 0 Å². The Labute approximate surface area is 134 Å². The zero-order valence-electron chi connectivity index (χ0n) is 13.1. The maximum Gasteiger partial charge on any atom is 0.336 e. The summed E-state index contributed by atoms with van der Waals surface area (Å²) >= 11 is 0. The molecule has 124 valence electrons. The number of benzene rings is 1. The average Bonchev–Trinajstić information content (AvgIpc) is 3.03. The fraction of sp³-hybridized carbons (Fsp3) is 0.438. The molecule has 7 heteroatoms. The number of hydrogen-bond donors (Lipinski definition) is 2. The van der Waals surface area contributed by atoms with E-state index in [1.807, 2.05) is 0 Å². The van der Waals surface area contributed by atoms with Gasteiger partial charge in [0.1, 0.15) is 0 Å². The van der Waals surface area contributed by atoms with Crippen LogP contribution in [0.5, 0.6) is 0 Å². The Morgan fingerprint density at radius 3 is 2.30 bits per heavy atom. The molecule has 0 unspecified atom stereocenters. The quantitative estimate of drug-likeness (QED) is 0.805. The highest BCUT2D eigenvalue weighted by Gasteiger charge is 2.28. The fourth-order valence-electron chi connectivity index (χ4n) is 2.15. The topological polar surface area (TPSA) is 93.7 Å². The van der Waals surface area contributed by atoms with Gasteiger partial charge in [-0.1, -0.05) is 0 Å². The van der Waals surface area contributed by atoms with E-state index in [4.69, 9.17) is 9.47 Å². The lowest BCUT2D eigenvalue weighted by Crippen LogP contribution is -2.33. The Balaban J connectivity index is 1.85. The van der Waals surface area contributed by atoms with Crippen LogP contribution in [-0.4, -0.2) is 36.6 Å². The minimum absolute atomic E-state index is 0.170. The molecule has 1 aromatic carbocycles. The van der Waals surface area contributed by atoms with Crippen LogP contribution >= 0.6 is 0 Å². The van der Waals surface area contributed by atoms with Gasteiger partial charge in [-0.3, -0.25) is 9.59 Å². The zero-order valence-corrected chi connectivity index (χ0v) is 13.1. The van der Waals surface area contributed by atoms with Gasteiger partial charge in [0.2, 0.25) is 5.91 Å². The summed E-state index contributed by atoms with van der Waals surface area (Å²) in [6.45, 7) is 3.47. The second-order valence-electron chi connectivity index (χ2n) is 5.33. The van der Waals surface area contributed by atoms with Gasteiger partial charge in [0.05, 0.1) is 0 Å². The van der Waals surface area contributed by atoms with Gasteiger partial charge in [-0.2, -0.15) is 0 Å². The van der Waals surface area contributed by atoms with Crippen LogP contribution in [0.25, 0.3) is 0 Å². The summed E-state index contributed by atoms with van der Waals surface area (Å²) in [5.41, 5.74) is 1.18. The van der Waals surface area contributed by atoms with Gasteiger partial charge in [0.25, 0.3) is 5.91 Å². The van der Waals surface area contributed by atoms with E-state index in [0.29, 0.717) is 24.4 Å². The van der Waals surface area contributed by atoms with E-state index in [1.165, 1.54) is 13.8 Å². The maximum atomic E-state index is 12.0. The van der Waals surface area contributed by atoms with Crippen molar-refractivity contribution in [3.05, 3.63) is 24.3 Å². The number of rotatable bonds is 5. The number of esters is 1. The van der Waals surface area contributed by atoms with E-state index < -0.39 is 24.1 Å². The fourth-order valence-corrected chi connectivity index (χ4v) is 2.15. The lowest BCUT2D eigenvalue weighted by Gasteiger charge is -2.16. The van der Waals surface area contributed by atoms with Gasteiger partial charge in [0, 0.05) is 24.9 Å². The van der Waals surface area contributed by atoms with Crippen LogP contribution in [-0.2, 0) is 23.9 Å². The molecule has 1 aliphatic heterocycles. The van der Waals surface area contributed by atoms with Crippen molar-refractivity contribution in [3.63, 3.8) is 0 Å². The molecule has 0 spiro atoms. The number of hydrogen-bond acceptors (Lipinski definition) is 5. The first kappa shape index (κ1) is 17.0. The summed E-state index contributed by atoms with van der Waals surface area (Å²) in [5.74, 6) is -1.11. The number of amides is 2. The zero-order chi connectivity index (χ0) is 16.8. The van der Waals surface area contributed by atoms with Gasteiger partial charge >= 0.3 is 5.97 Å². The Bertz CT molecular complexity index is 579. The predicted molar refractivity (Wildman–Crippen MR) is 83.9 cm³/mol. The Hall–Kier alpha value is -2.41. The van der Waals surface area contributed by atoms with Gasteiger partial charge in [-0.05, 0) is 44.0 Å². The molecule has 1 saturated heterocycles. The molecule has 23 heavy (non-hydrogen) atoms. The second kappa shape index (κ2) is 7.73. The Kier molecular flexibility index (Phi) is 5.70. The van der Waals surface area contributed by atoms with Crippen molar-refractivity contribution in [1.82, 2.24) is 0 Å². The molecule has 2 atom stereocenters. The molecule has 2 N–H and O–H groups in total. The van der Waals surface area contributed by atoms with E-state index in [9.17, 15) is 14.4 Å². The summed E-state index contributed by atoms with van der Waals surface area (Å²) in [6, 6.07) is 6.63. The highest BCUT2D eigenvalue weighted by atomic mass is 16.6. The number of anilines is 2. The lowest BCUT2D eigenvalue weighted by molar-refractivity contribution is -0.162. The van der Waals surface area contributed by atoms with Crippen LogP contribution in [0.4, 0.5) is 11.4 Å². The van der Waals surface area contributed by atoms with Crippen molar-refractivity contribution in [3.8, 4) is 0 Å². The molecular formula is C16H20N2O5. The third-order valence-electron chi connectivity index (χ3n) is 3.33. The molecule has 7 nitrogen and oxygen atoms in total. The number of nitrogens with one attached hydrogen (secondary N) is 2. The van der Waals surface area contributed by atoms with Crippen LogP contribution < -0.4 is 10.6 Å². The van der Waals surface area contributed by atoms with Crippen LogP contribution in [0.1, 0.15) is 26.7 Å². The molecule has 2 amide bonds. The van der Waals surface area contributed by atoms with E-state index in [0.717, 1.165) is 6.42 Å². The van der Waals surface area contributed by atoms with Crippen molar-refractivity contribution < 1.29 is 23.9 Å². The smallest absolute Gasteiger partial charge is 0.336 e. The largest absolute Gasteiger partial charge is 0.451 e. The van der Waals surface area contributed by atoms with Gasteiger partial charge in [-0.25, -0.2) is 4.79 Å². The Morgan fingerprint density at radius 1 is 1.17 bits per heavy atom. The summed E-state index contributed by atoms with van der Waals surface area (Å²) in [7, 11) is 0. The van der Waals surface area contributed by atoms with Crippen molar-refractivity contribution in [2.24, 2.45) is 0 Å². The normalized spacial score (nSPS) is 18.1. The molecule has 0 saturated carbocycles. The van der Waals surface area contributed by atoms with Gasteiger partial charge in [0.15, 0.2) is 12.2 Å². The van der Waals surface area contributed by atoms with Gasteiger partial charge < -0.3 is 20.1 Å². The molecule has 1 fully saturated rings. The number of ether oxygens (including phenoxy) is 2. The molecule has 0 aromatic heterocycles. The molecule has 0 radical (unpaired) electrons. The predicted octanol–water partition coefficient (Wildman–Crippen LogP) is 1.69. The van der Waals surface area contributed by atoms with Crippen molar-refractivity contribution in [1.29, 1.82) is 0 Å². The van der Waals surface area contributed by atoms with Crippen molar-refractivity contribution >= 4 is 29.2 Å². The highest BCUT2D eigenvalue weighted by molar-refractivity contribution is 5.95. The summed E-state index contributed by atoms with van der Waals surface area (Å²) in [6.07, 6.45) is -0.0393. The summed E-state index contributed by atoms with van der Waals surface area (Å²) < 4.78 is 10.3. The third-order valence-corrected chi connectivity index (χ3v) is 3.33. The van der Waals surface area contributed by atoms with E-state index in [2.05, 4.69) is 10.6 Å². The molecule has 2 rings (SSSR count). The van der Waals surface area contributed by atoms with Crippen molar-refractivity contribution in [2.45, 2.75) is 38.9 Å². The van der Waals surface area contributed by atoms with Crippen LogP contribution in [0.2, 0.25) is 0 Å². The third kappa shape index (κ3) is 5.07. The standard InChI is InChI=1S/C16H20N2O5/c1-10(23-16(21)14-4-3-9-22-14)15(20)18-13-7-5-12(6-8-13)17-11(2)19/h5-8,10,14H,3-4,9H2,1-2H3,(H,17,19)(H,18,20)/t10-,14+/m1/s1. The SMILES string of the molecule is CC(=O)Nc1ccc(NC(=O)[C@@H](C)OC(=O)[C@@H]2CCCO2)cc1. The van der Waals surface area contributed by atoms with Gasteiger partial charge in [-0.15, -0.1) is 0 Å². The minimum atomic E-state index is -0.915. The first-order valence-electron chi connectivity index (χ1n) is 7.46. The molecule has 1 aromatic rings. The number of carbonyl (C=O) groups excluding carboxylic acids is 3.